The average Bonchev–Trinajstić information content (AvgIpc) is 2.86. The first-order chi connectivity index (χ1) is 17.7. The number of methoxy groups -OCH3 is 1. The Morgan fingerprint density at radius 2 is 1.81 bits per heavy atom. The number of hydrogen-bond donors (Lipinski definition) is 1. The van der Waals surface area contributed by atoms with Gasteiger partial charge in [-0.15, -0.1) is 0 Å². The summed E-state index contributed by atoms with van der Waals surface area (Å²) in [5, 5.41) is 3.67. The SMILES string of the molecule is COc1ccc(COC(=O)C2=C(C)NC3=CC(C)(C)CC(=O)C3C2c2coc3ccccc3c2=O)cc1. The largest absolute Gasteiger partial charge is 0.497 e. The van der Waals surface area contributed by atoms with E-state index in [0.29, 0.717) is 34.5 Å². The number of rotatable bonds is 5. The molecule has 2 unspecified atom stereocenters. The van der Waals surface area contributed by atoms with Crippen molar-refractivity contribution in [2.45, 2.75) is 39.7 Å². The van der Waals surface area contributed by atoms with Crippen LogP contribution in [0.1, 0.15) is 44.2 Å². The van der Waals surface area contributed by atoms with Crippen LogP contribution in [-0.2, 0) is 20.9 Å². The Morgan fingerprint density at radius 3 is 2.54 bits per heavy atom. The molecule has 2 atom stereocenters. The zero-order valence-electron chi connectivity index (χ0n) is 21.3. The summed E-state index contributed by atoms with van der Waals surface area (Å²) in [6.07, 6.45) is 3.71. The van der Waals surface area contributed by atoms with E-state index >= 15 is 0 Å². The molecule has 3 aromatic rings. The Balaban J connectivity index is 1.59. The summed E-state index contributed by atoms with van der Waals surface area (Å²) in [5.41, 5.74) is 2.38. The molecule has 2 aliphatic rings. The molecule has 37 heavy (non-hydrogen) atoms. The normalized spacial score (nSPS) is 20.6. The van der Waals surface area contributed by atoms with Gasteiger partial charge in [-0.1, -0.05) is 44.2 Å². The zero-order valence-corrected chi connectivity index (χ0v) is 21.3. The number of benzene rings is 2. The first-order valence-corrected chi connectivity index (χ1v) is 12.2. The highest BCUT2D eigenvalue weighted by Gasteiger charge is 2.47. The van der Waals surface area contributed by atoms with Crippen LogP contribution >= 0.6 is 0 Å². The van der Waals surface area contributed by atoms with E-state index in [1.807, 2.05) is 32.1 Å². The molecule has 0 fully saturated rings. The first-order valence-electron chi connectivity index (χ1n) is 12.2. The van der Waals surface area contributed by atoms with Crippen LogP contribution in [0.25, 0.3) is 11.0 Å². The second kappa shape index (κ2) is 9.39. The van der Waals surface area contributed by atoms with E-state index in [1.165, 1.54) is 6.26 Å². The highest BCUT2D eigenvalue weighted by Crippen LogP contribution is 2.46. The molecule has 0 saturated heterocycles. The molecule has 1 aromatic heterocycles. The Kier molecular flexibility index (Phi) is 6.23. The predicted octanol–water partition coefficient (Wildman–Crippen LogP) is 5.00. The lowest BCUT2D eigenvalue weighted by molar-refractivity contribution is -0.141. The fourth-order valence-corrected chi connectivity index (χ4v) is 5.33. The van der Waals surface area contributed by atoms with Gasteiger partial charge < -0.3 is 19.2 Å². The fourth-order valence-electron chi connectivity index (χ4n) is 5.33. The van der Waals surface area contributed by atoms with Crippen molar-refractivity contribution < 1.29 is 23.5 Å². The van der Waals surface area contributed by atoms with Gasteiger partial charge >= 0.3 is 5.97 Å². The van der Waals surface area contributed by atoms with E-state index in [2.05, 4.69) is 5.32 Å². The van der Waals surface area contributed by atoms with Gasteiger partial charge in [0.15, 0.2) is 5.43 Å². The van der Waals surface area contributed by atoms with Gasteiger partial charge in [0.2, 0.25) is 0 Å². The van der Waals surface area contributed by atoms with Gasteiger partial charge in [-0.25, -0.2) is 4.79 Å². The molecule has 1 aliphatic carbocycles. The average molecular weight is 500 g/mol. The second-order valence-electron chi connectivity index (χ2n) is 10.3. The Morgan fingerprint density at radius 1 is 1.08 bits per heavy atom. The van der Waals surface area contributed by atoms with Crippen molar-refractivity contribution >= 4 is 22.7 Å². The molecule has 5 rings (SSSR count). The highest BCUT2D eigenvalue weighted by atomic mass is 16.5. The molecule has 2 heterocycles. The summed E-state index contributed by atoms with van der Waals surface area (Å²) in [4.78, 5) is 40.7. The Labute approximate surface area is 214 Å². The molecule has 2 aromatic carbocycles. The highest BCUT2D eigenvalue weighted by molar-refractivity contribution is 5.96. The maximum absolute atomic E-state index is 13.7. The van der Waals surface area contributed by atoms with Gasteiger partial charge in [-0.05, 0) is 42.2 Å². The van der Waals surface area contributed by atoms with Crippen LogP contribution < -0.4 is 15.5 Å². The van der Waals surface area contributed by atoms with Crippen molar-refractivity contribution in [3.8, 4) is 5.75 Å². The molecule has 7 nitrogen and oxygen atoms in total. The number of ether oxygens (including phenoxy) is 2. The van der Waals surface area contributed by atoms with E-state index in [4.69, 9.17) is 13.9 Å². The lowest BCUT2D eigenvalue weighted by Gasteiger charge is -2.41. The maximum atomic E-state index is 13.7. The third-order valence-corrected chi connectivity index (χ3v) is 7.03. The summed E-state index contributed by atoms with van der Waals surface area (Å²) in [5.74, 6) is -1.48. The number of esters is 1. The third kappa shape index (κ3) is 4.57. The number of para-hydroxylation sites is 1. The lowest BCUT2D eigenvalue weighted by Crippen LogP contribution is -2.44. The number of nitrogens with one attached hydrogen (secondary N) is 1. The van der Waals surface area contributed by atoms with Crippen LogP contribution in [0.15, 0.2) is 87.0 Å². The van der Waals surface area contributed by atoms with Crippen molar-refractivity contribution in [3.63, 3.8) is 0 Å². The number of hydrogen-bond acceptors (Lipinski definition) is 7. The standard InChI is InChI=1S/C30H29NO6/c1-17-25(29(34)37-15-18-9-11-19(35-4)12-10-18)26(27-22(31-17)13-30(2,3)14-23(27)32)21-16-36-24-8-6-5-7-20(24)28(21)33/h5-13,16,26-27,31H,14-15H2,1-4H3. The van der Waals surface area contributed by atoms with Gasteiger partial charge in [-0.3, -0.25) is 9.59 Å². The molecule has 7 heteroatoms. The predicted molar refractivity (Wildman–Crippen MR) is 139 cm³/mol. The lowest BCUT2D eigenvalue weighted by atomic mass is 9.66. The monoisotopic (exact) mass is 499 g/mol. The van der Waals surface area contributed by atoms with Gasteiger partial charge in [0.1, 0.15) is 23.7 Å². The first kappa shape index (κ1) is 24.6. The third-order valence-electron chi connectivity index (χ3n) is 7.03. The number of allylic oxidation sites excluding steroid dienone is 3. The molecule has 190 valence electrons. The van der Waals surface area contributed by atoms with E-state index in [-0.39, 0.29) is 34.4 Å². The molecule has 0 bridgehead atoms. The van der Waals surface area contributed by atoms with Gasteiger partial charge in [0.25, 0.3) is 0 Å². The number of fused-ring (bicyclic) bond motifs is 2. The number of ketones is 1. The van der Waals surface area contributed by atoms with Crippen LogP contribution in [-0.4, -0.2) is 18.9 Å². The molecular weight excluding hydrogens is 470 g/mol. The van der Waals surface area contributed by atoms with Crippen molar-refractivity contribution in [1.82, 2.24) is 5.32 Å². The smallest absolute Gasteiger partial charge is 0.336 e. The summed E-state index contributed by atoms with van der Waals surface area (Å²) in [6.45, 7) is 5.79. The maximum Gasteiger partial charge on any atom is 0.336 e. The number of carbonyl (C=O) groups excluding carboxylic acids is 2. The van der Waals surface area contributed by atoms with E-state index < -0.39 is 17.8 Å². The van der Waals surface area contributed by atoms with E-state index in [9.17, 15) is 14.4 Å². The van der Waals surface area contributed by atoms with Gasteiger partial charge in [0.05, 0.1) is 30.3 Å². The van der Waals surface area contributed by atoms with Crippen molar-refractivity contribution in [2.75, 3.05) is 7.11 Å². The van der Waals surface area contributed by atoms with Crippen LogP contribution in [0, 0.1) is 11.3 Å². The quantitative estimate of drug-likeness (QED) is 0.494. The minimum atomic E-state index is -0.833. The molecule has 0 saturated carbocycles. The van der Waals surface area contributed by atoms with Crippen molar-refractivity contribution in [1.29, 1.82) is 0 Å². The van der Waals surface area contributed by atoms with E-state index in [1.54, 1.807) is 50.4 Å². The van der Waals surface area contributed by atoms with Gasteiger partial charge in [0, 0.05) is 29.3 Å². The van der Waals surface area contributed by atoms with Crippen LogP contribution in [0.5, 0.6) is 5.75 Å². The number of Topliss-reactive ketones (excluding diaryl/α,β-unsaturated/α-hetero) is 1. The number of carbonyl (C=O) groups is 2. The molecule has 1 N–H and O–H groups in total. The van der Waals surface area contributed by atoms with Gasteiger partial charge in [-0.2, -0.15) is 0 Å². The van der Waals surface area contributed by atoms with Crippen molar-refractivity contribution in [3.05, 3.63) is 99.2 Å². The minimum absolute atomic E-state index is 0.0347. The molecule has 0 amide bonds. The molecule has 0 spiro atoms. The van der Waals surface area contributed by atoms with E-state index in [0.717, 1.165) is 5.56 Å². The molecule has 0 radical (unpaired) electrons. The summed E-state index contributed by atoms with van der Waals surface area (Å²) in [6, 6.07) is 14.2. The topological polar surface area (TPSA) is 94.8 Å². The Bertz CT molecular complexity index is 1510. The van der Waals surface area contributed by atoms with Crippen LogP contribution in [0.2, 0.25) is 0 Å². The summed E-state index contributed by atoms with van der Waals surface area (Å²) >= 11 is 0. The zero-order chi connectivity index (χ0) is 26.3. The summed E-state index contributed by atoms with van der Waals surface area (Å²) < 4.78 is 16.7. The fraction of sp³-hybridized carbons (Fsp3) is 0.300. The van der Waals surface area contributed by atoms with Crippen LogP contribution in [0.4, 0.5) is 0 Å². The minimum Gasteiger partial charge on any atom is -0.497 e. The summed E-state index contributed by atoms with van der Waals surface area (Å²) in [7, 11) is 1.58. The van der Waals surface area contributed by atoms with Crippen molar-refractivity contribution in [2.24, 2.45) is 11.3 Å². The van der Waals surface area contributed by atoms with Crippen LogP contribution in [0.3, 0.4) is 0 Å². The molecular formula is C30H29NO6. The second-order valence-corrected chi connectivity index (χ2v) is 10.3. The Hall–Kier alpha value is -4.13. The molecule has 1 aliphatic heterocycles.